The van der Waals surface area contributed by atoms with E-state index in [1.807, 2.05) is 18.7 Å². The number of nitrogens with two attached hydrogens (primary N) is 1. The second kappa shape index (κ2) is 10.4. The summed E-state index contributed by atoms with van der Waals surface area (Å²) < 4.78 is 0. The molecule has 6 heteroatoms. The van der Waals surface area contributed by atoms with Gasteiger partial charge in [0.1, 0.15) is 5.78 Å². The molecule has 1 aliphatic rings. The van der Waals surface area contributed by atoms with Crippen LogP contribution in [0.3, 0.4) is 0 Å². The van der Waals surface area contributed by atoms with Gasteiger partial charge in [-0.1, -0.05) is 13.8 Å². The van der Waals surface area contributed by atoms with Crippen molar-refractivity contribution in [2.45, 2.75) is 64.8 Å². The highest BCUT2D eigenvalue weighted by molar-refractivity contribution is 5.81. The highest BCUT2D eigenvalue weighted by Gasteiger charge is 2.26. The van der Waals surface area contributed by atoms with Gasteiger partial charge < -0.3 is 16.0 Å². The first-order valence-electron chi connectivity index (χ1n) is 8.74. The Hall–Kier alpha value is -1.43. The molecule has 0 radical (unpaired) electrons. The molecule has 0 aromatic heterocycles. The zero-order valence-corrected chi connectivity index (χ0v) is 14.5. The molecule has 3 N–H and O–H groups in total. The molecule has 0 spiro atoms. The van der Waals surface area contributed by atoms with Crippen LogP contribution in [0.25, 0.3) is 0 Å². The van der Waals surface area contributed by atoms with Crippen LogP contribution in [0.4, 0.5) is 0 Å². The second-order valence-corrected chi connectivity index (χ2v) is 6.54. The number of primary amides is 1. The van der Waals surface area contributed by atoms with E-state index < -0.39 is 0 Å². The van der Waals surface area contributed by atoms with Crippen molar-refractivity contribution in [3.63, 3.8) is 0 Å². The summed E-state index contributed by atoms with van der Waals surface area (Å²) in [7, 11) is 0. The number of carbonyl (C=O) groups excluding carboxylic acids is 3. The van der Waals surface area contributed by atoms with Crippen LogP contribution in [0.5, 0.6) is 0 Å². The van der Waals surface area contributed by atoms with Crippen LogP contribution in [0.15, 0.2) is 0 Å². The number of hydrogen-bond donors (Lipinski definition) is 2. The largest absolute Gasteiger partial charge is 0.370 e. The first kappa shape index (κ1) is 19.6. The maximum absolute atomic E-state index is 12.7. The van der Waals surface area contributed by atoms with E-state index in [1.54, 1.807) is 0 Å². The number of nitrogens with one attached hydrogen (secondary N) is 1. The van der Waals surface area contributed by atoms with Gasteiger partial charge in [0.2, 0.25) is 11.8 Å². The predicted octanol–water partition coefficient (Wildman–Crippen LogP) is 1.23. The maximum atomic E-state index is 12.7. The van der Waals surface area contributed by atoms with Crippen molar-refractivity contribution in [1.82, 2.24) is 10.2 Å². The normalized spacial score (nSPS) is 19.7. The van der Waals surface area contributed by atoms with Gasteiger partial charge in [0.05, 0.1) is 0 Å². The maximum Gasteiger partial charge on any atom is 0.223 e. The van der Waals surface area contributed by atoms with Crippen molar-refractivity contribution in [2.24, 2.45) is 11.7 Å². The summed E-state index contributed by atoms with van der Waals surface area (Å²) in [6.07, 6.45) is 4.36. The van der Waals surface area contributed by atoms with Crippen molar-refractivity contribution >= 4 is 17.6 Å². The van der Waals surface area contributed by atoms with Crippen LogP contribution in [0.2, 0.25) is 0 Å². The minimum absolute atomic E-state index is 0.0366. The smallest absolute Gasteiger partial charge is 0.223 e. The predicted molar refractivity (Wildman–Crippen MR) is 89.7 cm³/mol. The standard InChI is InChI=1S/C17H31N3O3/c1-3-15(21)7-10-20(14-5-4-8-19-9-6-14)17(23)12-13(2)11-16(18)22/h13-14,19H,3-12H2,1-2H3,(H2,18,22)/t13-,14?/m0/s1. The summed E-state index contributed by atoms with van der Waals surface area (Å²) in [5, 5.41) is 3.35. The van der Waals surface area contributed by atoms with Crippen molar-refractivity contribution in [1.29, 1.82) is 0 Å². The number of nitrogens with zero attached hydrogens (tertiary/aromatic N) is 1. The molecule has 0 aromatic carbocycles. The quantitative estimate of drug-likeness (QED) is 0.667. The lowest BCUT2D eigenvalue weighted by Gasteiger charge is -2.32. The van der Waals surface area contributed by atoms with Crippen molar-refractivity contribution in [3.8, 4) is 0 Å². The van der Waals surface area contributed by atoms with Gasteiger partial charge in [0.25, 0.3) is 0 Å². The molecule has 0 aromatic rings. The van der Waals surface area contributed by atoms with Gasteiger partial charge in [0.15, 0.2) is 0 Å². The Labute approximate surface area is 139 Å². The Morgan fingerprint density at radius 1 is 1.22 bits per heavy atom. The van der Waals surface area contributed by atoms with Gasteiger partial charge in [-0.3, -0.25) is 14.4 Å². The Morgan fingerprint density at radius 3 is 2.61 bits per heavy atom. The van der Waals surface area contributed by atoms with Crippen LogP contribution in [-0.2, 0) is 14.4 Å². The molecule has 0 aliphatic carbocycles. The van der Waals surface area contributed by atoms with Gasteiger partial charge in [-0.15, -0.1) is 0 Å². The molecule has 2 amide bonds. The van der Waals surface area contributed by atoms with Crippen molar-refractivity contribution < 1.29 is 14.4 Å². The Balaban J connectivity index is 2.69. The fraction of sp³-hybridized carbons (Fsp3) is 0.824. The summed E-state index contributed by atoms with van der Waals surface area (Å²) in [5.41, 5.74) is 5.21. The highest BCUT2D eigenvalue weighted by Crippen LogP contribution is 2.18. The lowest BCUT2D eigenvalue weighted by molar-refractivity contribution is -0.135. The summed E-state index contributed by atoms with van der Waals surface area (Å²) in [4.78, 5) is 37.2. The molecule has 2 atom stereocenters. The van der Waals surface area contributed by atoms with E-state index in [0.29, 0.717) is 25.8 Å². The third-order valence-electron chi connectivity index (χ3n) is 4.40. The number of amides is 2. The second-order valence-electron chi connectivity index (χ2n) is 6.54. The zero-order chi connectivity index (χ0) is 17.2. The number of ketones is 1. The molecule has 132 valence electrons. The molecule has 0 saturated carbocycles. The van der Waals surface area contributed by atoms with Crippen molar-refractivity contribution in [3.05, 3.63) is 0 Å². The zero-order valence-electron chi connectivity index (χ0n) is 14.5. The lowest BCUT2D eigenvalue weighted by atomic mass is 10.00. The molecule has 6 nitrogen and oxygen atoms in total. The Morgan fingerprint density at radius 2 is 1.96 bits per heavy atom. The van der Waals surface area contributed by atoms with Crippen LogP contribution >= 0.6 is 0 Å². The molecule has 0 bridgehead atoms. The Kier molecular flexibility index (Phi) is 8.84. The first-order valence-corrected chi connectivity index (χ1v) is 8.74. The number of rotatable bonds is 9. The van der Waals surface area contributed by atoms with E-state index in [4.69, 9.17) is 5.73 Å². The highest BCUT2D eigenvalue weighted by atomic mass is 16.2. The summed E-state index contributed by atoms with van der Waals surface area (Å²) in [5.74, 6) is -0.223. The SMILES string of the molecule is CCC(=O)CCN(C(=O)C[C@@H](C)CC(N)=O)C1CCCNCC1. The fourth-order valence-electron chi connectivity index (χ4n) is 3.08. The summed E-state index contributed by atoms with van der Waals surface area (Å²) in [6, 6.07) is 0.183. The molecule has 1 aliphatic heterocycles. The third kappa shape index (κ3) is 7.59. The molecule has 1 rings (SSSR count). The van der Waals surface area contributed by atoms with Crippen molar-refractivity contribution in [2.75, 3.05) is 19.6 Å². The molecular weight excluding hydrogens is 294 g/mol. The average Bonchev–Trinajstić information content (AvgIpc) is 2.75. The van der Waals surface area contributed by atoms with Gasteiger partial charge in [-0.05, 0) is 38.3 Å². The molecule has 1 heterocycles. The Bertz CT molecular complexity index is 404. The minimum Gasteiger partial charge on any atom is -0.370 e. The van der Waals surface area contributed by atoms with E-state index in [-0.39, 0.29) is 36.0 Å². The monoisotopic (exact) mass is 325 g/mol. The number of hydrogen-bond acceptors (Lipinski definition) is 4. The summed E-state index contributed by atoms with van der Waals surface area (Å²) in [6.45, 7) is 6.07. The van der Waals surface area contributed by atoms with Gasteiger partial charge in [0, 0.05) is 38.3 Å². The van der Waals surface area contributed by atoms with Crippen LogP contribution in [-0.4, -0.2) is 48.2 Å². The molecular formula is C17H31N3O3. The number of Topliss-reactive ketones (excluding diaryl/α,β-unsaturated/α-hetero) is 1. The van der Waals surface area contributed by atoms with Gasteiger partial charge in [-0.2, -0.15) is 0 Å². The molecule has 23 heavy (non-hydrogen) atoms. The van der Waals surface area contributed by atoms with Crippen LogP contribution in [0, 0.1) is 5.92 Å². The number of carbonyl (C=O) groups is 3. The van der Waals surface area contributed by atoms with E-state index in [0.717, 1.165) is 32.4 Å². The van der Waals surface area contributed by atoms with E-state index in [2.05, 4.69) is 5.32 Å². The van der Waals surface area contributed by atoms with E-state index in [1.165, 1.54) is 0 Å². The first-order chi connectivity index (χ1) is 10.9. The third-order valence-corrected chi connectivity index (χ3v) is 4.40. The lowest BCUT2D eigenvalue weighted by Crippen LogP contribution is -2.42. The molecule has 1 saturated heterocycles. The molecule has 1 fully saturated rings. The van der Waals surface area contributed by atoms with Gasteiger partial charge in [-0.25, -0.2) is 0 Å². The topological polar surface area (TPSA) is 92.5 Å². The van der Waals surface area contributed by atoms with E-state index >= 15 is 0 Å². The fourth-order valence-corrected chi connectivity index (χ4v) is 3.08. The van der Waals surface area contributed by atoms with Crippen LogP contribution in [0.1, 0.15) is 58.8 Å². The minimum atomic E-state index is -0.378. The van der Waals surface area contributed by atoms with Gasteiger partial charge >= 0.3 is 0 Å². The van der Waals surface area contributed by atoms with E-state index in [9.17, 15) is 14.4 Å². The average molecular weight is 325 g/mol. The molecule has 1 unspecified atom stereocenters. The summed E-state index contributed by atoms with van der Waals surface area (Å²) >= 11 is 0. The van der Waals surface area contributed by atoms with Crippen LogP contribution < -0.4 is 11.1 Å².